The molecule has 8 heteroatoms. The Morgan fingerprint density at radius 1 is 1.21 bits per heavy atom. The van der Waals surface area contributed by atoms with E-state index in [1.54, 1.807) is 31.3 Å². The second kappa shape index (κ2) is 7.03. The number of nitrogens with one attached hydrogen (secondary N) is 1. The SMILES string of the molecule is Cn1nc(-c2ccc(NCC3(c4ccccc4F)CCC3)nn2)cc1C(N)=O. The summed E-state index contributed by atoms with van der Waals surface area (Å²) in [6, 6.07) is 12.1. The summed E-state index contributed by atoms with van der Waals surface area (Å²) >= 11 is 0. The minimum absolute atomic E-state index is 0.161. The first kappa shape index (κ1) is 18.1. The lowest BCUT2D eigenvalue weighted by atomic mass is 9.64. The molecule has 0 atom stereocenters. The largest absolute Gasteiger partial charge is 0.368 e. The summed E-state index contributed by atoms with van der Waals surface area (Å²) < 4.78 is 15.7. The van der Waals surface area contributed by atoms with E-state index in [9.17, 15) is 9.18 Å². The highest BCUT2D eigenvalue weighted by Crippen LogP contribution is 2.44. The van der Waals surface area contributed by atoms with Gasteiger partial charge in [-0.1, -0.05) is 24.6 Å². The summed E-state index contributed by atoms with van der Waals surface area (Å²) in [4.78, 5) is 11.4. The van der Waals surface area contributed by atoms with Crippen LogP contribution in [0.3, 0.4) is 0 Å². The number of halogens is 1. The number of nitrogens with zero attached hydrogens (tertiary/aromatic N) is 4. The Morgan fingerprint density at radius 2 is 2.00 bits per heavy atom. The predicted molar refractivity (Wildman–Crippen MR) is 103 cm³/mol. The van der Waals surface area contributed by atoms with Gasteiger partial charge in [0, 0.05) is 19.0 Å². The van der Waals surface area contributed by atoms with Crippen molar-refractivity contribution in [2.75, 3.05) is 11.9 Å². The molecule has 2 heterocycles. The fourth-order valence-electron chi connectivity index (χ4n) is 3.68. The van der Waals surface area contributed by atoms with Crippen LogP contribution in [0.1, 0.15) is 35.3 Å². The van der Waals surface area contributed by atoms with Gasteiger partial charge in [0.1, 0.15) is 28.7 Å². The van der Waals surface area contributed by atoms with Crippen molar-refractivity contribution >= 4 is 11.7 Å². The van der Waals surface area contributed by atoms with Gasteiger partial charge in [-0.25, -0.2) is 4.39 Å². The number of primary amides is 1. The molecule has 0 radical (unpaired) electrons. The summed E-state index contributed by atoms with van der Waals surface area (Å²) in [5.74, 6) is -0.102. The number of aromatic nitrogens is 4. The normalized spacial score (nSPS) is 15.1. The van der Waals surface area contributed by atoms with Crippen LogP contribution in [0.2, 0.25) is 0 Å². The molecule has 1 aliphatic rings. The molecule has 1 fully saturated rings. The van der Waals surface area contributed by atoms with Gasteiger partial charge in [0.05, 0.1) is 0 Å². The molecule has 4 rings (SSSR count). The zero-order valence-electron chi connectivity index (χ0n) is 15.5. The van der Waals surface area contributed by atoms with E-state index in [-0.39, 0.29) is 11.2 Å². The van der Waals surface area contributed by atoms with Crippen molar-refractivity contribution < 1.29 is 9.18 Å². The smallest absolute Gasteiger partial charge is 0.266 e. The van der Waals surface area contributed by atoms with E-state index >= 15 is 0 Å². The summed E-state index contributed by atoms with van der Waals surface area (Å²) in [6.07, 6.45) is 2.97. The fourth-order valence-corrected chi connectivity index (χ4v) is 3.68. The number of carbonyl (C=O) groups is 1. The van der Waals surface area contributed by atoms with Gasteiger partial charge in [-0.05, 0) is 42.7 Å². The molecule has 3 aromatic rings. The highest BCUT2D eigenvalue weighted by Gasteiger charge is 2.40. The Hall–Kier alpha value is -3.29. The molecule has 1 aromatic carbocycles. The van der Waals surface area contributed by atoms with Crippen molar-refractivity contribution in [1.82, 2.24) is 20.0 Å². The number of hydrogen-bond acceptors (Lipinski definition) is 5. The van der Waals surface area contributed by atoms with Crippen LogP contribution in [0, 0.1) is 5.82 Å². The Labute approximate surface area is 161 Å². The molecule has 0 aliphatic heterocycles. The molecule has 2 aromatic heterocycles. The quantitative estimate of drug-likeness (QED) is 0.685. The molecule has 144 valence electrons. The van der Waals surface area contributed by atoms with E-state index in [0.29, 0.717) is 29.4 Å². The van der Waals surface area contributed by atoms with Gasteiger partial charge in [-0.2, -0.15) is 5.10 Å². The van der Waals surface area contributed by atoms with Gasteiger partial charge >= 0.3 is 0 Å². The molecule has 1 saturated carbocycles. The average Bonchev–Trinajstić information content (AvgIpc) is 3.05. The standard InChI is InChI=1S/C20H21FN6O/c1-27-17(19(22)28)11-16(26-27)15-7-8-18(25-24-15)23-12-20(9-4-10-20)13-5-2-3-6-14(13)21/h2-3,5-8,11H,4,9-10,12H2,1H3,(H2,22,28)(H,23,25). The second-order valence-electron chi connectivity index (χ2n) is 7.17. The van der Waals surface area contributed by atoms with Crippen LogP contribution < -0.4 is 11.1 Å². The number of amides is 1. The molecular weight excluding hydrogens is 359 g/mol. The van der Waals surface area contributed by atoms with E-state index in [4.69, 9.17) is 5.73 Å². The zero-order valence-corrected chi connectivity index (χ0v) is 15.5. The molecule has 7 nitrogen and oxygen atoms in total. The van der Waals surface area contributed by atoms with E-state index in [1.807, 2.05) is 12.1 Å². The van der Waals surface area contributed by atoms with E-state index < -0.39 is 5.91 Å². The highest BCUT2D eigenvalue weighted by molar-refractivity contribution is 5.92. The van der Waals surface area contributed by atoms with Gasteiger partial charge < -0.3 is 11.1 Å². The van der Waals surface area contributed by atoms with Crippen LogP contribution in [-0.2, 0) is 12.5 Å². The summed E-state index contributed by atoms with van der Waals surface area (Å²) in [6.45, 7) is 0.595. The topological polar surface area (TPSA) is 98.7 Å². The molecule has 0 bridgehead atoms. The van der Waals surface area contributed by atoms with Crippen molar-refractivity contribution in [3.05, 3.63) is 59.5 Å². The number of aryl methyl sites for hydroxylation is 1. The number of carbonyl (C=O) groups excluding carboxylic acids is 1. The molecule has 0 spiro atoms. The summed E-state index contributed by atoms with van der Waals surface area (Å²) in [5, 5.41) is 15.9. The lowest BCUT2D eigenvalue weighted by Gasteiger charge is -2.42. The van der Waals surface area contributed by atoms with Crippen molar-refractivity contribution in [2.45, 2.75) is 24.7 Å². The summed E-state index contributed by atoms with van der Waals surface area (Å²) in [7, 11) is 1.65. The first-order valence-corrected chi connectivity index (χ1v) is 9.15. The van der Waals surface area contributed by atoms with Gasteiger partial charge in [0.15, 0.2) is 0 Å². The van der Waals surface area contributed by atoms with Gasteiger partial charge in [0.25, 0.3) is 5.91 Å². The number of benzene rings is 1. The Kier molecular flexibility index (Phi) is 4.54. The van der Waals surface area contributed by atoms with E-state index in [1.165, 1.54) is 10.7 Å². The third kappa shape index (κ3) is 3.21. The molecular formula is C20H21FN6O. The van der Waals surface area contributed by atoms with Crippen molar-refractivity contribution in [3.8, 4) is 11.4 Å². The number of rotatable bonds is 6. The van der Waals surface area contributed by atoms with Crippen LogP contribution in [0.25, 0.3) is 11.4 Å². The summed E-state index contributed by atoms with van der Waals surface area (Å²) in [5.41, 5.74) is 7.23. The van der Waals surface area contributed by atoms with Crippen LogP contribution in [0.5, 0.6) is 0 Å². The first-order valence-electron chi connectivity index (χ1n) is 9.15. The maximum Gasteiger partial charge on any atom is 0.266 e. The minimum atomic E-state index is -0.550. The van der Waals surface area contributed by atoms with Crippen molar-refractivity contribution in [3.63, 3.8) is 0 Å². The van der Waals surface area contributed by atoms with Gasteiger partial charge in [-0.15, -0.1) is 10.2 Å². The Bertz CT molecular complexity index is 1010. The Balaban J connectivity index is 1.48. The van der Waals surface area contributed by atoms with Gasteiger partial charge in [-0.3, -0.25) is 9.48 Å². The molecule has 3 N–H and O–H groups in total. The minimum Gasteiger partial charge on any atom is -0.368 e. The van der Waals surface area contributed by atoms with E-state index in [2.05, 4.69) is 20.6 Å². The molecule has 28 heavy (non-hydrogen) atoms. The van der Waals surface area contributed by atoms with Gasteiger partial charge in [0.2, 0.25) is 0 Å². The van der Waals surface area contributed by atoms with Crippen LogP contribution in [0.4, 0.5) is 10.2 Å². The van der Waals surface area contributed by atoms with Crippen LogP contribution in [0.15, 0.2) is 42.5 Å². The van der Waals surface area contributed by atoms with Crippen LogP contribution in [-0.4, -0.2) is 32.4 Å². The highest BCUT2D eigenvalue weighted by atomic mass is 19.1. The fraction of sp³-hybridized carbons (Fsp3) is 0.300. The number of anilines is 1. The molecule has 1 amide bonds. The molecule has 0 saturated heterocycles. The maximum absolute atomic E-state index is 14.3. The average molecular weight is 380 g/mol. The third-order valence-electron chi connectivity index (χ3n) is 5.42. The third-order valence-corrected chi connectivity index (χ3v) is 5.42. The lowest BCUT2D eigenvalue weighted by Crippen LogP contribution is -2.41. The number of nitrogens with two attached hydrogens (primary N) is 1. The monoisotopic (exact) mass is 380 g/mol. The van der Waals surface area contributed by atoms with Crippen molar-refractivity contribution in [1.29, 1.82) is 0 Å². The maximum atomic E-state index is 14.3. The molecule has 0 unspecified atom stereocenters. The first-order chi connectivity index (χ1) is 13.5. The second-order valence-corrected chi connectivity index (χ2v) is 7.17. The zero-order chi connectivity index (χ0) is 19.7. The van der Waals surface area contributed by atoms with Crippen LogP contribution >= 0.6 is 0 Å². The molecule has 1 aliphatic carbocycles. The van der Waals surface area contributed by atoms with Crippen molar-refractivity contribution in [2.24, 2.45) is 12.8 Å². The van der Waals surface area contributed by atoms with E-state index in [0.717, 1.165) is 24.8 Å². The lowest BCUT2D eigenvalue weighted by molar-refractivity contribution is 0.0991. The number of hydrogen-bond donors (Lipinski definition) is 2. The Morgan fingerprint density at radius 3 is 2.57 bits per heavy atom. The predicted octanol–water partition coefficient (Wildman–Crippen LogP) is 2.65.